The Bertz CT molecular complexity index is 464. The molecule has 1 aliphatic rings. The standard InChI is InChI=1S/C19H30N2O2.ClH/c1-16(18-8-10-20-11-9-18)14-19(22)21(2)12-13-23-15-17-6-4-3-5-7-17;/h3-7,16,18,20H,8-15H2,1-2H3;1H. The predicted octanol–water partition coefficient (Wildman–Crippen LogP) is 3.11. The summed E-state index contributed by atoms with van der Waals surface area (Å²) in [6.07, 6.45) is 3.04. The third kappa shape index (κ3) is 7.20. The number of hydrogen-bond acceptors (Lipinski definition) is 3. The number of piperidine rings is 1. The molecule has 1 N–H and O–H groups in total. The van der Waals surface area contributed by atoms with Crippen LogP contribution in [0.15, 0.2) is 30.3 Å². The Kier molecular flexibility index (Phi) is 9.99. The van der Waals surface area contributed by atoms with Gasteiger partial charge < -0.3 is 15.0 Å². The van der Waals surface area contributed by atoms with Crippen molar-refractivity contribution < 1.29 is 9.53 Å². The van der Waals surface area contributed by atoms with Crippen LogP contribution in [0.1, 0.15) is 31.7 Å². The lowest BCUT2D eigenvalue weighted by Crippen LogP contribution is -2.35. The van der Waals surface area contributed by atoms with E-state index in [0.717, 1.165) is 13.1 Å². The molecule has 1 aromatic rings. The Morgan fingerprint density at radius 1 is 1.29 bits per heavy atom. The maximum absolute atomic E-state index is 12.3. The third-order valence-electron chi connectivity index (χ3n) is 4.79. The summed E-state index contributed by atoms with van der Waals surface area (Å²) in [6.45, 7) is 6.24. The smallest absolute Gasteiger partial charge is 0.222 e. The molecule has 1 heterocycles. The van der Waals surface area contributed by atoms with Crippen molar-refractivity contribution in [2.24, 2.45) is 11.8 Å². The minimum atomic E-state index is 0. The molecule has 0 spiro atoms. The van der Waals surface area contributed by atoms with Crippen molar-refractivity contribution >= 4 is 18.3 Å². The molecular weight excluding hydrogens is 324 g/mol. The fourth-order valence-corrected chi connectivity index (χ4v) is 3.10. The van der Waals surface area contributed by atoms with Gasteiger partial charge in [0.25, 0.3) is 0 Å². The number of halogens is 1. The first-order valence-electron chi connectivity index (χ1n) is 8.73. The quantitative estimate of drug-likeness (QED) is 0.729. The SMILES string of the molecule is CC(CC(=O)N(C)CCOCc1ccccc1)C1CCNCC1.Cl. The molecule has 136 valence electrons. The van der Waals surface area contributed by atoms with E-state index < -0.39 is 0 Å². The lowest BCUT2D eigenvalue weighted by Gasteiger charge is -2.29. The van der Waals surface area contributed by atoms with Crippen LogP contribution in [-0.4, -0.2) is 44.1 Å². The molecule has 1 fully saturated rings. The summed E-state index contributed by atoms with van der Waals surface area (Å²) in [5, 5.41) is 3.38. The van der Waals surface area contributed by atoms with Crippen LogP contribution in [0.25, 0.3) is 0 Å². The molecule has 24 heavy (non-hydrogen) atoms. The van der Waals surface area contributed by atoms with E-state index in [1.54, 1.807) is 0 Å². The van der Waals surface area contributed by atoms with Gasteiger partial charge in [-0.25, -0.2) is 0 Å². The van der Waals surface area contributed by atoms with Gasteiger partial charge in [-0.1, -0.05) is 37.3 Å². The van der Waals surface area contributed by atoms with Crippen LogP contribution < -0.4 is 5.32 Å². The second-order valence-electron chi connectivity index (χ2n) is 6.62. The van der Waals surface area contributed by atoms with E-state index in [4.69, 9.17) is 4.74 Å². The normalized spacial score (nSPS) is 16.2. The molecule has 0 aliphatic carbocycles. The fraction of sp³-hybridized carbons (Fsp3) is 0.632. The average Bonchev–Trinajstić information content (AvgIpc) is 2.60. The Labute approximate surface area is 152 Å². The second kappa shape index (κ2) is 11.5. The Balaban J connectivity index is 0.00000288. The van der Waals surface area contributed by atoms with Gasteiger partial charge in [-0.2, -0.15) is 0 Å². The number of rotatable bonds is 8. The molecule has 1 aliphatic heterocycles. The van der Waals surface area contributed by atoms with Gasteiger partial charge in [0.15, 0.2) is 0 Å². The van der Waals surface area contributed by atoms with Crippen LogP contribution in [-0.2, 0) is 16.1 Å². The molecule has 4 nitrogen and oxygen atoms in total. The van der Waals surface area contributed by atoms with E-state index >= 15 is 0 Å². The minimum absolute atomic E-state index is 0. The molecule has 5 heteroatoms. The molecule has 0 radical (unpaired) electrons. The highest BCUT2D eigenvalue weighted by Gasteiger charge is 2.23. The number of amides is 1. The van der Waals surface area contributed by atoms with Crippen LogP contribution in [0.3, 0.4) is 0 Å². The first kappa shape index (κ1) is 20.9. The van der Waals surface area contributed by atoms with Gasteiger partial charge in [0, 0.05) is 20.0 Å². The summed E-state index contributed by atoms with van der Waals surface area (Å²) in [6, 6.07) is 10.1. The van der Waals surface area contributed by atoms with Crippen molar-refractivity contribution in [2.75, 3.05) is 33.3 Å². The number of ether oxygens (including phenoxy) is 1. The lowest BCUT2D eigenvalue weighted by atomic mass is 9.84. The Morgan fingerprint density at radius 3 is 2.62 bits per heavy atom. The average molecular weight is 355 g/mol. The van der Waals surface area contributed by atoms with Crippen molar-refractivity contribution in [3.05, 3.63) is 35.9 Å². The summed E-state index contributed by atoms with van der Waals surface area (Å²) in [7, 11) is 1.88. The molecular formula is C19H31ClN2O2. The molecule has 0 saturated carbocycles. The van der Waals surface area contributed by atoms with Gasteiger partial charge in [0.1, 0.15) is 0 Å². The summed E-state index contributed by atoms with van der Waals surface area (Å²) in [4.78, 5) is 14.1. The van der Waals surface area contributed by atoms with E-state index in [9.17, 15) is 4.79 Å². The van der Waals surface area contributed by atoms with Crippen molar-refractivity contribution in [1.82, 2.24) is 10.2 Å². The fourth-order valence-electron chi connectivity index (χ4n) is 3.10. The predicted molar refractivity (Wildman–Crippen MR) is 100 cm³/mol. The highest BCUT2D eigenvalue weighted by atomic mass is 35.5. The van der Waals surface area contributed by atoms with E-state index in [1.165, 1.54) is 18.4 Å². The summed E-state index contributed by atoms with van der Waals surface area (Å²) >= 11 is 0. The number of hydrogen-bond donors (Lipinski definition) is 1. The first-order valence-corrected chi connectivity index (χ1v) is 8.73. The molecule has 1 atom stereocenters. The summed E-state index contributed by atoms with van der Waals surface area (Å²) in [5.74, 6) is 1.39. The maximum atomic E-state index is 12.3. The van der Waals surface area contributed by atoms with Crippen molar-refractivity contribution in [1.29, 1.82) is 0 Å². The zero-order chi connectivity index (χ0) is 16.5. The summed E-state index contributed by atoms with van der Waals surface area (Å²) < 4.78 is 5.66. The Morgan fingerprint density at radius 2 is 1.96 bits per heavy atom. The van der Waals surface area contributed by atoms with E-state index in [-0.39, 0.29) is 18.3 Å². The molecule has 1 aromatic carbocycles. The highest BCUT2D eigenvalue weighted by Crippen LogP contribution is 2.24. The topological polar surface area (TPSA) is 41.6 Å². The summed E-state index contributed by atoms with van der Waals surface area (Å²) in [5.41, 5.74) is 1.17. The molecule has 0 aromatic heterocycles. The van der Waals surface area contributed by atoms with Crippen molar-refractivity contribution in [3.63, 3.8) is 0 Å². The third-order valence-corrected chi connectivity index (χ3v) is 4.79. The molecule has 1 amide bonds. The zero-order valence-corrected chi connectivity index (χ0v) is 15.7. The zero-order valence-electron chi connectivity index (χ0n) is 14.9. The monoisotopic (exact) mass is 354 g/mol. The highest BCUT2D eigenvalue weighted by molar-refractivity contribution is 5.85. The second-order valence-corrected chi connectivity index (χ2v) is 6.62. The van der Waals surface area contributed by atoms with Gasteiger partial charge in [-0.05, 0) is 43.3 Å². The van der Waals surface area contributed by atoms with Gasteiger partial charge in [-0.15, -0.1) is 12.4 Å². The van der Waals surface area contributed by atoms with Crippen molar-refractivity contribution in [2.45, 2.75) is 32.8 Å². The van der Waals surface area contributed by atoms with Gasteiger partial charge in [0.05, 0.1) is 13.2 Å². The van der Waals surface area contributed by atoms with Crippen LogP contribution in [0.4, 0.5) is 0 Å². The molecule has 1 unspecified atom stereocenters. The first-order chi connectivity index (χ1) is 11.2. The lowest BCUT2D eigenvalue weighted by molar-refractivity contribution is -0.132. The Hall–Kier alpha value is -1.10. The number of nitrogens with one attached hydrogen (secondary N) is 1. The number of benzene rings is 1. The van der Waals surface area contributed by atoms with Crippen LogP contribution in [0, 0.1) is 11.8 Å². The maximum Gasteiger partial charge on any atom is 0.222 e. The van der Waals surface area contributed by atoms with Crippen LogP contribution >= 0.6 is 12.4 Å². The molecule has 0 bridgehead atoms. The van der Waals surface area contributed by atoms with E-state index in [0.29, 0.717) is 38.0 Å². The number of nitrogens with zero attached hydrogens (tertiary/aromatic N) is 1. The molecule has 1 saturated heterocycles. The van der Waals surface area contributed by atoms with Gasteiger partial charge in [-0.3, -0.25) is 4.79 Å². The molecule has 2 rings (SSSR count). The number of carbonyl (C=O) groups excluding carboxylic acids is 1. The van der Waals surface area contributed by atoms with Gasteiger partial charge in [0.2, 0.25) is 5.91 Å². The largest absolute Gasteiger partial charge is 0.375 e. The number of likely N-dealkylation sites (N-methyl/N-ethyl adjacent to an activating group) is 1. The van der Waals surface area contributed by atoms with Crippen LogP contribution in [0.2, 0.25) is 0 Å². The van der Waals surface area contributed by atoms with Gasteiger partial charge >= 0.3 is 0 Å². The van der Waals surface area contributed by atoms with Crippen molar-refractivity contribution in [3.8, 4) is 0 Å². The van der Waals surface area contributed by atoms with E-state index in [1.807, 2.05) is 30.1 Å². The number of carbonyl (C=O) groups is 1. The van der Waals surface area contributed by atoms with E-state index in [2.05, 4.69) is 24.4 Å². The van der Waals surface area contributed by atoms with Crippen LogP contribution in [0.5, 0.6) is 0 Å². The minimum Gasteiger partial charge on any atom is -0.375 e.